The van der Waals surface area contributed by atoms with Crippen LogP contribution in [0.3, 0.4) is 0 Å². The van der Waals surface area contributed by atoms with Crippen molar-refractivity contribution in [1.82, 2.24) is 0 Å². The second kappa shape index (κ2) is 31.3. The fourth-order valence-electron chi connectivity index (χ4n) is 15.1. The van der Waals surface area contributed by atoms with Gasteiger partial charge in [-0.05, 0) is 110 Å². The van der Waals surface area contributed by atoms with Crippen LogP contribution in [0.5, 0.6) is 0 Å². The molecule has 2 aliphatic heterocycles. The van der Waals surface area contributed by atoms with E-state index in [2.05, 4.69) is 376 Å². The van der Waals surface area contributed by atoms with E-state index in [0.717, 1.165) is 49.3 Å². The largest absolute Gasteiger partial charge is 0.309 e. The van der Waals surface area contributed by atoms with Gasteiger partial charge >= 0.3 is 0 Å². The quantitative estimate of drug-likeness (QED) is 0.0568. The normalized spacial score (nSPS) is 13.5. The van der Waals surface area contributed by atoms with Crippen molar-refractivity contribution in [2.24, 2.45) is 0 Å². The van der Waals surface area contributed by atoms with E-state index in [1.54, 1.807) is 0 Å². The topological polar surface area (TPSA) is 17.1 Å². The van der Waals surface area contributed by atoms with Crippen molar-refractivity contribution in [3.05, 3.63) is 522 Å². The van der Waals surface area contributed by atoms with Gasteiger partial charge in [0.15, 0.2) is 15.2 Å². The van der Waals surface area contributed by atoms with E-state index in [4.69, 9.17) is 0 Å². The highest BCUT2D eigenvalue weighted by Gasteiger charge is 2.53. The van der Waals surface area contributed by atoms with E-state index >= 15 is 4.57 Å². The van der Waals surface area contributed by atoms with Crippen LogP contribution in [0.25, 0.3) is 54.5 Å². The van der Waals surface area contributed by atoms with E-state index in [-0.39, 0.29) is 0 Å². The Balaban J connectivity index is 0.000000128. The van der Waals surface area contributed by atoms with Crippen molar-refractivity contribution in [3.63, 3.8) is 0 Å². The predicted molar refractivity (Wildman–Crippen MR) is 441 cm³/mol. The van der Waals surface area contributed by atoms with Crippen LogP contribution in [0.4, 0.5) is 0 Å². The van der Waals surface area contributed by atoms with E-state index < -0.39 is 15.2 Å². The Morgan fingerprint density at radius 3 is 0.612 bits per heavy atom. The zero-order chi connectivity index (χ0) is 69.5. The summed E-state index contributed by atoms with van der Waals surface area (Å²) in [6, 6.07) is 161. The van der Waals surface area contributed by atoms with E-state index in [1.807, 2.05) is 78.9 Å². The molecular weight excluding hydrogens is 1280 g/mol. The Kier molecular flexibility index (Phi) is 20.2. The van der Waals surface area contributed by atoms with Crippen molar-refractivity contribution < 1.29 is 4.57 Å². The van der Waals surface area contributed by atoms with Gasteiger partial charge in [-0.2, -0.15) is 0 Å². The van der Waals surface area contributed by atoms with E-state index in [0.29, 0.717) is 0 Å². The molecule has 0 amide bonds. The fraction of sp³-hybridized carbons (Fsp3) is 0. The summed E-state index contributed by atoms with van der Waals surface area (Å²) in [5.41, 5.74) is 21.3. The van der Waals surface area contributed by atoms with Crippen molar-refractivity contribution in [1.29, 1.82) is 0 Å². The zero-order valence-electron chi connectivity index (χ0n) is 57.2. The monoisotopic (exact) mass is 1350 g/mol. The van der Waals surface area contributed by atoms with Crippen molar-refractivity contribution in [2.75, 3.05) is 0 Å². The third-order valence-corrected chi connectivity index (χ3v) is 27.6. The first-order chi connectivity index (χ1) is 51.1. The van der Waals surface area contributed by atoms with Gasteiger partial charge in [0.25, 0.3) is 0 Å². The second-order valence-corrected chi connectivity index (χ2v) is 31.8. The molecule has 17 rings (SSSR count). The summed E-state index contributed by atoms with van der Waals surface area (Å²) in [7, 11) is -6.13. The van der Waals surface area contributed by atoms with Gasteiger partial charge in [-0.1, -0.05) is 455 Å². The predicted octanol–water partition coefficient (Wildman–Crippen LogP) is 24.1. The molecule has 0 bridgehead atoms. The van der Waals surface area contributed by atoms with Gasteiger partial charge in [-0.3, -0.25) is 0 Å². The molecule has 0 aliphatic carbocycles. The fourth-order valence-corrected chi connectivity index (χ4v) is 24.2. The lowest BCUT2D eigenvalue weighted by molar-refractivity contribution is 0.593. The lowest BCUT2D eigenvalue weighted by Crippen LogP contribution is -2.59. The molecule has 0 spiro atoms. The minimum absolute atomic E-state index is 0.849. The molecule has 0 atom stereocenters. The summed E-state index contributed by atoms with van der Waals surface area (Å²) in [5, 5.41) is 8.32. The summed E-state index contributed by atoms with van der Waals surface area (Å²) >= 11 is 0. The third kappa shape index (κ3) is 13.5. The van der Waals surface area contributed by atoms with Crippen LogP contribution in [0.15, 0.2) is 455 Å². The molecule has 0 saturated heterocycles. The SMILES string of the molecule is O=P1(c2ccccc2)C(c2ccccc2)=C(c2ccccc2)C(c2ccccc2)=C1c1ccccc1.c1ccc(C(=C(c2ccccc2)c2ccccc2)c2ccccc2)cc1.c1ccc(C2=C(c3ccccc3)[Si](c3ccccc3)(c3ccccc3)C(c3ccccc3)=C2c2ccccc2)cc1. The van der Waals surface area contributed by atoms with Crippen LogP contribution < -0.4 is 15.7 Å². The van der Waals surface area contributed by atoms with Crippen LogP contribution in [0.1, 0.15) is 66.8 Å². The number of benzene rings is 15. The second-order valence-electron chi connectivity index (χ2n) is 25.5. The smallest absolute Gasteiger partial charge is 0.182 e. The summed E-state index contributed by atoms with van der Waals surface area (Å²) in [5.74, 6) is 0. The number of hydrogen-bond acceptors (Lipinski definition) is 1. The van der Waals surface area contributed by atoms with Crippen molar-refractivity contribution in [2.45, 2.75) is 0 Å². The summed E-state index contributed by atoms with van der Waals surface area (Å²) in [6.45, 7) is 0. The lowest BCUT2D eigenvalue weighted by atomic mass is 9.86. The molecule has 15 aromatic carbocycles. The highest BCUT2D eigenvalue weighted by molar-refractivity contribution is 7.91. The average Bonchev–Trinajstić information content (AvgIpc) is 1.54. The molecule has 0 aromatic heterocycles. The van der Waals surface area contributed by atoms with Gasteiger partial charge in [0.1, 0.15) is 0 Å². The maximum Gasteiger partial charge on any atom is 0.182 e. The summed E-state index contributed by atoms with van der Waals surface area (Å²) in [6.07, 6.45) is 0. The molecule has 3 heteroatoms. The number of hydrogen-bond donors (Lipinski definition) is 0. The number of rotatable bonds is 15. The van der Waals surface area contributed by atoms with Crippen LogP contribution in [0.2, 0.25) is 0 Å². The van der Waals surface area contributed by atoms with Crippen LogP contribution in [0, 0.1) is 0 Å². The molecule has 0 radical (unpaired) electrons. The molecule has 2 heterocycles. The Hall–Kier alpha value is -12.6. The molecule has 1 nitrogen and oxygen atoms in total. The zero-order valence-corrected chi connectivity index (χ0v) is 59.1. The van der Waals surface area contributed by atoms with Crippen LogP contribution >= 0.6 is 7.14 Å². The molecule has 15 aromatic rings. The highest BCUT2D eigenvalue weighted by Crippen LogP contribution is 2.76. The molecule has 2 aliphatic rings. The maximum absolute atomic E-state index is 15.9. The molecule has 490 valence electrons. The first-order valence-electron chi connectivity index (χ1n) is 35.3. The van der Waals surface area contributed by atoms with Gasteiger partial charge in [0.2, 0.25) is 0 Å². The third-order valence-electron chi connectivity index (χ3n) is 19.4. The first kappa shape index (κ1) is 66.3. The van der Waals surface area contributed by atoms with Gasteiger partial charge in [-0.15, -0.1) is 0 Å². The van der Waals surface area contributed by atoms with E-state index in [1.165, 1.54) is 87.6 Å². The molecule has 0 fully saturated rings. The van der Waals surface area contributed by atoms with Crippen LogP contribution in [-0.4, -0.2) is 8.07 Å². The first-order valence-corrected chi connectivity index (χ1v) is 39.0. The minimum atomic E-state index is -3.27. The van der Waals surface area contributed by atoms with Crippen LogP contribution in [-0.2, 0) is 4.57 Å². The lowest BCUT2D eigenvalue weighted by Gasteiger charge is -2.36. The Morgan fingerprint density at radius 2 is 0.369 bits per heavy atom. The Morgan fingerprint density at radius 1 is 0.184 bits per heavy atom. The summed E-state index contributed by atoms with van der Waals surface area (Å²) < 4.78 is 15.9. The minimum Gasteiger partial charge on any atom is -0.309 e. The van der Waals surface area contributed by atoms with Crippen molar-refractivity contribution >= 4 is 85.4 Å². The van der Waals surface area contributed by atoms with E-state index in [9.17, 15) is 0 Å². The van der Waals surface area contributed by atoms with Gasteiger partial charge in [0.05, 0.1) is 0 Å². The standard InChI is InChI=1S/C40H30Si.C34H25OP.C26H20/c1-7-19-31(20-8-1)37-38(32-21-9-2-10-22-32)40(34-25-13-4-14-26-34)41(35-27-15-5-16-28-35,36-29-17-6-18-30-36)39(37)33-23-11-3-12-24-33;35-36(30-24-14-5-15-25-30)33(28-20-10-3-11-21-28)31(26-16-6-1-7-17-26)32(27-18-8-2-9-19-27)34(36)29-22-12-4-13-23-29;1-5-13-21(14-6-1)25(22-15-7-2-8-16-22)26(23-17-9-3-10-18-23)24-19-11-4-12-20-24/h1-30H;1-25H;1-20H. The Labute approximate surface area is 607 Å². The van der Waals surface area contributed by atoms with Crippen molar-refractivity contribution in [3.8, 4) is 0 Å². The van der Waals surface area contributed by atoms with Gasteiger partial charge < -0.3 is 4.57 Å². The Bertz CT molecular complexity index is 5100. The molecule has 0 saturated carbocycles. The molecule has 103 heavy (non-hydrogen) atoms. The molecular formula is C100H75OPSi. The van der Waals surface area contributed by atoms with Gasteiger partial charge in [-0.25, -0.2) is 0 Å². The highest BCUT2D eigenvalue weighted by atomic mass is 31.2. The maximum atomic E-state index is 15.9. The summed E-state index contributed by atoms with van der Waals surface area (Å²) in [4.78, 5) is 0. The average molecular weight is 1350 g/mol. The molecule has 0 unspecified atom stereocenters. The van der Waals surface area contributed by atoms with Gasteiger partial charge in [0, 0.05) is 27.1 Å². The number of allylic oxidation sites excluding steroid dienone is 4. The molecule has 0 N–H and O–H groups in total.